The third kappa shape index (κ3) is 7.50. The largest absolute Gasteiger partial charge is 0.490 e. The first kappa shape index (κ1) is 37.6. The Kier molecular flexibility index (Phi) is 10.2. The number of carbonyl (C=O) groups excluding carboxylic acids is 1. The first-order valence-corrected chi connectivity index (χ1v) is 21.3. The van der Waals surface area contributed by atoms with Gasteiger partial charge in [0.25, 0.3) is 5.91 Å². The third-order valence-electron chi connectivity index (χ3n) is 11.8. The summed E-state index contributed by atoms with van der Waals surface area (Å²) in [4.78, 5) is 32.3. The van der Waals surface area contributed by atoms with Crippen molar-refractivity contribution in [2.75, 3.05) is 56.5 Å². The molecule has 1 N–H and O–H groups in total. The number of halogens is 1. The van der Waals surface area contributed by atoms with Gasteiger partial charge in [0.1, 0.15) is 16.7 Å². The predicted octanol–water partition coefficient (Wildman–Crippen LogP) is 6.58. The van der Waals surface area contributed by atoms with E-state index in [-0.39, 0.29) is 23.2 Å². The van der Waals surface area contributed by atoms with Crippen molar-refractivity contribution in [2.45, 2.75) is 57.0 Å². The molecule has 2 aliphatic heterocycles. The van der Waals surface area contributed by atoms with Gasteiger partial charge in [-0.15, -0.1) is 9.78 Å². The Morgan fingerprint density at radius 3 is 2.84 bits per heavy atom. The third-order valence-corrected chi connectivity index (χ3v) is 14.0. The van der Waals surface area contributed by atoms with Crippen LogP contribution in [0.2, 0.25) is 5.02 Å². The van der Waals surface area contributed by atoms with Gasteiger partial charge in [-0.2, -0.15) is 14.3 Å². The number of aromatic amines is 1. The number of ether oxygens (including phenoxy) is 2. The number of amides is 1. The molecule has 4 heterocycles. The number of carbonyl (C=O) groups is 1. The molecule has 0 saturated heterocycles. The van der Waals surface area contributed by atoms with Gasteiger partial charge in [0.05, 0.1) is 28.1 Å². The fourth-order valence-electron chi connectivity index (χ4n) is 8.87. The molecule has 2 aliphatic carbocycles. The monoisotopic (exact) mass is 785 g/mol. The minimum atomic E-state index is -3.31. The minimum absolute atomic E-state index is 0.0367. The summed E-state index contributed by atoms with van der Waals surface area (Å²) in [6.45, 7) is 4.08. The van der Waals surface area contributed by atoms with Crippen LogP contribution in [0.4, 0.5) is 17.5 Å². The molecule has 1 amide bonds. The highest BCUT2D eigenvalue weighted by Crippen LogP contribution is 2.47. The summed E-state index contributed by atoms with van der Waals surface area (Å²) in [5.41, 5.74) is 5.45. The molecule has 8 rings (SSSR count). The van der Waals surface area contributed by atoms with E-state index in [0.29, 0.717) is 53.2 Å². The summed E-state index contributed by atoms with van der Waals surface area (Å²) in [6, 6.07) is 11.8. The van der Waals surface area contributed by atoms with E-state index in [1.165, 1.54) is 16.7 Å². The Morgan fingerprint density at radius 2 is 2.05 bits per heavy atom. The van der Waals surface area contributed by atoms with Gasteiger partial charge in [0.15, 0.2) is 12.9 Å². The normalized spacial score (nSPS) is 28.8. The molecule has 1 spiro atoms. The fraction of sp³-hybridized carbons (Fsp3) is 0.488. The van der Waals surface area contributed by atoms with Crippen molar-refractivity contribution in [3.05, 3.63) is 76.5 Å². The summed E-state index contributed by atoms with van der Waals surface area (Å²) in [5, 5.41) is 4.58. The number of H-pyrrole nitrogens is 1. The Hall–Kier alpha value is -4.33. The number of benzene rings is 2. The highest BCUT2D eigenvalue weighted by molar-refractivity contribution is 8.06. The molecule has 6 atom stereocenters. The van der Waals surface area contributed by atoms with Gasteiger partial charge in [-0.1, -0.05) is 36.7 Å². The summed E-state index contributed by atoms with van der Waals surface area (Å²) in [6.07, 6.45) is 11.9. The molecule has 55 heavy (non-hydrogen) atoms. The van der Waals surface area contributed by atoms with E-state index in [4.69, 9.17) is 21.1 Å². The van der Waals surface area contributed by atoms with Gasteiger partial charge in [-0.25, -0.2) is 9.20 Å². The Morgan fingerprint density at radius 1 is 1.20 bits per heavy atom. The number of aliphatic imine (C=N–C) groups is 1. The molecule has 4 aromatic rings. The number of anilines is 2. The first-order valence-electron chi connectivity index (χ1n) is 19.2. The number of allylic oxidation sites excluding steroid dienone is 1. The lowest BCUT2D eigenvalue weighted by molar-refractivity contribution is -0.724. The maximum Gasteiger partial charge on any atom is 0.285 e. The van der Waals surface area contributed by atoms with Gasteiger partial charge in [0.2, 0.25) is 17.8 Å². The average Bonchev–Trinajstić information content (AvgIpc) is 3.46. The van der Waals surface area contributed by atoms with Crippen molar-refractivity contribution in [2.24, 2.45) is 34.2 Å². The second-order valence-electron chi connectivity index (χ2n) is 16.1. The zero-order chi connectivity index (χ0) is 38.5. The molecule has 14 heteroatoms. The van der Waals surface area contributed by atoms with Crippen LogP contribution in [0.3, 0.4) is 0 Å². The molecule has 2 aromatic carbocycles. The standard InChI is InChI=1S/C41H49ClN8O4S/c1-26-8-6-10-35(53-5)31-14-11-29(31)20-50-23-41(17-7-9-27-18-30(42)13-15-33(27)41)24-54-36-16-12-28(19-34(36)50)39(51)47-55(52,22-26)25-43-37-32-21-49(4)46-38(32)45-40(44-37)48(2)3/h6,10,12-13,15-16,18-19,21,25-26,29,31,35H,7-9,11,14,17,20,22-24H2,1-5H3/p+1/b10-6+,43-25?/t26-,29-,31+,35-,41-,55?/m0/s1. The second-order valence-corrected chi connectivity index (χ2v) is 18.6. The molecular weight excluding hydrogens is 736 g/mol. The topological polar surface area (TPSA) is 129 Å². The molecule has 2 aromatic heterocycles. The van der Waals surface area contributed by atoms with E-state index < -0.39 is 15.6 Å². The van der Waals surface area contributed by atoms with Crippen LogP contribution in [0.5, 0.6) is 5.75 Å². The molecular formula is C41H50ClN8O4S+. The zero-order valence-corrected chi connectivity index (χ0v) is 33.8. The SMILES string of the molecule is CO[C@H]1/C=C/C[C@H](C)CS(=O)(C=Nc2nc(N(C)C)nc3[nH][n+](C)cc23)=NC(=O)c2ccc3c(c2)N(C[C@@H]2CC[C@H]21)C[C@@]1(CCCc2cc(Cl)ccc21)CO3. The number of hydrogen-bond donors (Lipinski definition) is 1. The molecule has 2 bridgehead atoms. The van der Waals surface area contributed by atoms with Crippen molar-refractivity contribution in [3.8, 4) is 5.75 Å². The van der Waals surface area contributed by atoms with E-state index in [2.05, 4.69) is 53.6 Å². The van der Waals surface area contributed by atoms with Crippen LogP contribution in [0.1, 0.15) is 60.5 Å². The number of nitrogens with zero attached hydrogens (tertiary/aromatic N) is 7. The van der Waals surface area contributed by atoms with Crippen LogP contribution < -0.4 is 19.2 Å². The van der Waals surface area contributed by atoms with E-state index in [9.17, 15) is 9.00 Å². The summed E-state index contributed by atoms with van der Waals surface area (Å²) >= 11 is 6.49. The van der Waals surface area contributed by atoms with E-state index in [0.717, 1.165) is 61.7 Å². The Bertz CT molecular complexity index is 2320. The fourth-order valence-corrected chi connectivity index (χ4v) is 10.9. The van der Waals surface area contributed by atoms with Crippen molar-refractivity contribution in [3.63, 3.8) is 0 Å². The number of aromatic nitrogens is 4. The number of aryl methyl sites for hydroxylation is 2. The molecule has 0 radical (unpaired) electrons. The summed E-state index contributed by atoms with van der Waals surface area (Å²) in [5.74, 6) is 1.79. The molecule has 4 aliphatic rings. The van der Waals surface area contributed by atoms with Crippen LogP contribution in [0, 0.1) is 17.8 Å². The number of methoxy groups -OCH3 is 1. The van der Waals surface area contributed by atoms with Gasteiger partial charge < -0.3 is 19.3 Å². The van der Waals surface area contributed by atoms with Crippen LogP contribution in [0.25, 0.3) is 11.0 Å². The first-order chi connectivity index (χ1) is 26.4. The quantitative estimate of drug-likeness (QED) is 0.106. The van der Waals surface area contributed by atoms with Crippen molar-refractivity contribution in [1.82, 2.24) is 15.1 Å². The van der Waals surface area contributed by atoms with Crippen LogP contribution in [-0.2, 0) is 33.3 Å². The average molecular weight is 786 g/mol. The number of rotatable bonds is 4. The van der Waals surface area contributed by atoms with Gasteiger partial charge in [-0.05, 0) is 97.7 Å². The van der Waals surface area contributed by atoms with Crippen molar-refractivity contribution >= 4 is 61.3 Å². The van der Waals surface area contributed by atoms with Gasteiger partial charge in [0, 0.05) is 56.0 Å². The minimum Gasteiger partial charge on any atom is -0.490 e. The number of nitrogens with one attached hydrogen (secondary N) is 1. The lowest BCUT2D eigenvalue weighted by atomic mass is 9.68. The highest BCUT2D eigenvalue weighted by Gasteiger charge is 2.44. The highest BCUT2D eigenvalue weighted by atomic mass is 35.5. The van der Waals surface area contributed by atoms with E-state index in [1.807, 2.05) is 52.5 Å². The maximum absolute atomic E-state index is 14.9. The number of hydrogen-bond acceptors (Lipinski definition) is 9. The summed E-state index contributed by atoms with van der Waals surface area (Å²) in [7, 11) is 4.02. The molecule has 1 saturated carbocycles. The Balaban J connectivity index is 1.22. The van der Waals surface area contributed by atoms with Crippen LogP contribution in [-0.4, -0.2) is 83.5 Å². The summed E-state index contributed by atoms with van der Waals surface area (Å²) < 4.78 is 34.0. The maximum atomic E-state index is 14.9. The zero-order valence-electron chi connectivity index (χ0n) is 32.2. The lowest BCUT2D eigenvalue weighted by Gasteiger charge is -2.46. The second kappa shape index (κ2) is 15.0. The molecule has 12 nitrogen and oxygen atoms in total. The van der Waals surface area contributed by atoms with Crippen molar-refractivity contribution < 1.29 is 23.2 Å². The molecule has 290 valence electrons. The lowest BCUT2D eigenvalue weighted by Crippen LogP contribution is -2.49. The smallest absolute Gasteiger partial charge is 0.285 e. The van der Waals surface area contributed by atoms with Gasteiger partial charge in [-0.3, -0.25) is 4.79 Å². The molecule has 1 fully saturated rings. The van der Waals surface area contributed by atoms with Crippen molar-refractivity contribution in [1.29, 1.82) is 0 Å². The van der Waals surface area contributed by atoms with Crippen LogP contribution in [0.15, 0.2) is 64.1 Å². The Labute approximate surface area is 328 Å². The number of fused-ring (bicyclic) bond motifs is 5. The predicted molar refractivity (Wildman–Crippen MR) is 217 cm³/mol. The van der Waals surface area contributed by atoms with E-state index in [1.54, 1.807) is 22.8 Å². The van der Waals surface area contributed by atoms with E-state index >= 15 is 0 Å². The van der Waals surface area contributed by atoms with Crippen LogP contribution >= 0.6 is 11.6 Å². The van der Waals surface area contributed by atoms with Gasteiger partial charge >= 0.3 is 0 Å². The molecule has 1 unspecified atom stereocenters.